The summed E-state index contributed by atoms with van der Waals surface area (Å²) in [5, 5.41) is 12.6. The van der Waals surface area contributed by atoms with E-state index >= 15 is 0 Å². The topological polar surface area (TPSA) is 63.1 Å². The Morgan fingerprint density at radius 2 is 2.03 bits per heavy atom. The van der Waals surface area contributed by atoms with Crippen LogP contribution in [0.4, 0.5) is 10.1 Å². The first kappa shape index (κ1) is 22.7. The van der Waals surface area contributed by atoms with Crippen LogP contribution in [0.25, 0.3) is 0 Å². The van der Waals surface area contributed by atoms with E-state index in [-0.39, 0.29) is 11.4 Å². The lowest BCUT2D eigenvalue weighted by atomic mass is 9.62. The number of aromatic nitrogens is 3. The fraction of sp³-hybridized carbons (Fsp3) is 0.444. The molecule has 3 aromatic rings. The highest BCUT2D eigenvalue weighted by Gasteiger charge is 2.50. The summed E-state index contributed by atoms with van der Waals surface area (Å²) in [6, 6.07) is 11.8. The molecular weight excluding hydrogens is 465 g/mol. The van der Waals surface area contributed by atoms with Gasteiger partial charge in [0.1, 0.15) is 18.3 Å². The van der Waals surface area contributed by atoms with Crippen LogP contribution in [0.5, 0.6) is 0 Å². The Bertz CT molecular complexity index is 1310. The Morgan fingerprint density at radius 1 is 1.23 bits per heavy atom. The van der Waals surface area contributed by atoms with Gasteiger partial charge in [0.15, 0.2) is 0 Å². The lowest BCUT2D eigenvalue weighted by Crippen LogP contribution is -2.47. The van der Waals surface area contributed by atoms with E-state index in [4.69, 9.17) is 11.6 Å². The number of carbonyl (C=O) groups is 1. The summed E-state index contributed by atoms with van der Waals surface area (Å²) in [7, 11) is 1.88. The lowest BCUT2D eigenvalue weighted by Gasteiger charge is -2.43. The lowest BCUT2D eigenvalue weighted by molar-refractivity contribution is 0.0995. The number of carbonyl (C=O) groups excluding carboxylic acids is 1. The van der Waals surface area contributed by atoms with Crippen LogP contribution in [0.3, 0.4) is 0 Å². The van der Waals surface area contributed by atoms with Crippen molar-refractivity contribution in [3.05, 3.63) is 75.8 Å². The van der Waals surface area contributed by atoms with Gasteiger partial charge in [-0.2, -0.15) is 0 Å². The van der Waals surface area contributed by atoms with Crippen molar-refractivity contribution in [2.45, 2.75) is 69.2 Å². The maximum absolute atomic E-state index is 14.2. The molecule has 6 rings (SSSR count). The second-order valence-electron chi connectivity index (χ2n) is 10.7. The third-order valence-electron chi connectivity index (χ3n) is 8.21. The number of rotatable bonds is 6. The normalized spacial score (nSPS) is 24.7. The molecule has 3 aliphatic rings. The molecule has 0 bridgehead atoms. The van der Waals surface area contributed by atoms with E-state index in [0.29, 0.717) is 36.5 Å². The Kier molecular flexibility index (Phi) is 5.27. The number of amides is 1. The maximum atomic E-state index is 14.2. The summed E-state index contributed by atoms with van der Waals surface area (Å²) >= 11 is 6.66. The second-order valence-corrected chi connectivity index (χ2v) is 11.1. The fourth-order valence-electron chi connectivity index (χ4n) is 5.86. The zero-order valence-corrected chi connectivity index (χ0v) is 20.8. The zero-order valence-electron chi connectivity index (χ0n) is 20.0. The van der Waals surface area contributed by atoms with Crippen molar-refractivity contribution < 1.29 is 9.18 Å². The van der Waals surface area contributed by atoms with Crippen LogP contribution in [0.2, 0.25) is 5.02 Å². The number of alkyl halides is 1. The number of hydrogen-bond donors (Lipinski definition) is 1. The third-order valence-corrected chi connectivity index (χ3v) is 8.55. The van der Waals surface area contributed by atoms with E-state index in [1.54, 1.807) is 11.2 Å². The van der Waals surface area contributed by atoms with Crippen molar-refractivity contribution in [3.8, 4) is 0 Å². The Hall–Kier alpha value is -2.77. The number of benzene rings is 2. The molecule has 2 aliphatic carbocycles. The van der Waals surface area contributed by atoms with E-state index in [0.717, 1.165) is 28.2 Å². The van der Waals surface area contributed by atoms with Gasteiger partial charge in [-0.15, -0.1) is 10.2 Å². The van der Waals surface area contributed by atoms with Crippen molar-refractivity contribution >= 4 is 23.2 Å². The van der Waals surface area contributed by atoms with Gasteiger partial charge in [-0.25, -0.2) is 4.39 Å². The molecule has 1 amide bonds. The Morgan fingerprint density at radius 3 is 2.69 bits per heavy atom. The molecule has 0 saturated heterocycles. The van der Waals surface area contributed by atoms with Gasteiger partial charge in [-0.1, -0.05) is 23.7 Å². The smallest absolute Gasteiger partial charge is 0.258 e. The monoisotopic (exact) mass is 493 g/mol. The first-order chi connectivity index (χ1) is 16.8. The number of nitrogens with zero attached hydrogens (tertiary/aromatic N) is 4. The Labute approximate surface area is 209 Å². The summed E-state index contributed by atoms with van der Waals surface area (Å²) in [4.78, 5) is 15.3. The first-order valence-electron chi connectivity index (χ1n) is 12.3. The van der Waals surface area contributed by atoms with Crippen LogP contribution >= 0.6 is 11.6 Å². The van der Waals surface area contributed by atoms with Crippen LogP contribution in [-0.4, -0.2) is 32.4 Å². The molecule has 1 aromatic heterocycles. The molecule has 2 heterocycles. The number of halogens is 2. The maximum Gasteiger partial charge on any atom is 0.258 e. The fourth-order valence-corrected chi connectivity index (χ4v) is 6.16. The van der Waals surface area contributed by atoms with Crippen molar-refractivity contribution in [3.63, 3.8) is 0 Å². The van der Waals surface area contributed by atoms with Crippen LogP contribution in [0.1, 0.15) is 71.9 Å². The average molecular weight is 494 g/mol. The van der Waals surface area contributed by atoms with Crippen molar-refractivity contribution in [2.24, 2.45) is 7.05 Å². The third kappa shape index (κ3) is 3.67. The molecule has 1 aliphatic heterocycles. The number of hydrogen-bond acceptors (Lipinski definition) is 4. The van der Waals surface area contributed by atoms with Gasteiger partial charge >= 0.3 is 0 Å². The van der Waals surface area contributed by atoms with Gasteiger partial charge in [0.2, 0.25) is 0 Å². The summed E-state index contributed by atoms with van der Waals surface area (Å²) in [6.45, 7) is 3.35. The van der Waals surface area contributed by atoms with E-state index in [1.807, 2.05) is 48.0 Å². The molecule has 0 unspecified atom stereocenters. The van der Waals surface area contributed by atoms with Crippen LogP contribution in [0, 0.1) is 0 Å². The molecule has 1 N–H and O–H groups in total. The van der Waals surface area contributed by atoms with Crippen molar-refractivity contribution in [1.82, 2.24) is 20.1 Å². The summed E-state index contributed by atoms with van der Waals surface area (Å²) < 4.78 is 16.0. The molecular formula is C27H29ClFN5O. The molecule has 0 radical (unpaired) electrons. The molecule has 2 aromatic carbocycles. The van der Waals surface area contributed by atoms with Crippen molar-refractivity contribution in [2.75, 3.05) is 4.90 Å². The number of aryl methyl sites for hydroxylation is 1. The SMILES string of the molecule is Cn1cnnc1[C@]1(c2cccc(N3Cc4c(Cl)cc(CNC5(C)CCC5)cc4C3=O)c2)C[C@@H](F)C1. The summed E-state index contributed by atoms with van der Waals surface area (Å²) in [5.41, 5.74) is 3.92. The highest BCUT2D eigenvalue weighted by Crippen LogP contribution is 2.50. The van der Waals surface area contributed by atoms with Gasteiger partial charge in [0.25, 0.3) is 5.91 Å². The molecule has 0 spiro atoms. The quantitative estimate of drug-likeness (QED) is 0.520. The van der Waals surface area contributed by atoms with E-state index in [1.165, 1.54) is 19.3 Å². The number of fused-ring (bicyclic) bond motifs is 1. The minimum absolute atomic E-state index is 0.0551. The highest BCUT2D eigenvalue weighted by molar-refractivity contribution is 6.32. The minimum atomic E-state index is -0.874. The molecule has 35 heavy (non-hydrogen) atoms. The Balaban J connectivity index is 1.29. The molecule has 0 atom stereocenters. The average Bonchev–Trinajstić information content (AvgIpc) is 3.38. The zero-order chi connectivity index (χ0) is 24.4. The van der Waals surface area contributed by atoms with Crippen LogP contribution in [-0.2, 0) is 25.6 Å². The summed E-state index contributed by atoms with van der Waals surface area (Å²) in [6.07, 6.45) is 5.09. The van der Waals surface area contributed by atoms with Gasteiger partial charge in [0.05, 0.1) is 12.0 Å². The molecule has 2 fully saturated rings. The standard InChI is InChI=1S/C27H29ClFN5O/c1-26(7-4-8-26)30-14-17-9-21-22(23(28)10-17)15-34(24(21)35)20-6-3-5-18(11-20)27(12-19(29)13-27)25-32-31-16-33(25)2/h3,5-6,9-11,16,19,30H,4,7-8,12-15H2,1-2H3/t19-,27-. The van der Waals surface area contributed by atoms with Gasteiger partial charge < -0.3 is 14.8 Å². The molecule has 2 saturated carbocycles. The largest absolute Gasteiger partial charge is 0.320 e. The minimum Gasteiger partial charge on any atom is -0.320 e. The van der Waals surface area contributed by atoms with E-state index in [9.17, 15) is 9.18 Å². The van der Waals surface area contributed by atoms with Crippen molar-refractivity contribution in [1.29, 1.82) is 0 Å². The van der Waals surface area contributed by atoms with Gasteiger partial charge in [-0.3, -0.25) is 4.79 Å². The molecule has 6 nitrogen and oxygen atoms in total. The molecule has 8 heteroatoms. The second kappa shape index (κ2) is 8.14. The van der Waals surface area contributed by atoms with Gasteiger partial charge in [0, 0.05) is 41.0 Å². The van der Waals surface area contributed by atoms with E-state index < -0.39 is 11.6 Å². The predicted octanol–water partition coefficient (Wildman–Crippen LogP) is 5.08. The molecule has 182 valence electrons. The van der Waals surface area contributed by atoms with E-state index in [2.05, 4.69) is 22.4 Å². The highest BCUT2D eigenvalue weighted by atomic mass is 35.5. The summed E-state index contributed by atoms with van der Waals surface area (Å²) in [5.74, 6) is 0.695. The number of anilines is 1. The van der Waals surface area contributed by atoms with Gasteiger partial charge in [-0.05, 0) is 74.4 Å². The first-order valence-corrected chi connectivity index (χ1v) is 12.6. The number of nitrogens with one attached hydrogen (secondary N) is 1. The van der Waals surface area contributed by atoms with Crippen LogP contribution in [0.15, 0.2) is 42.7 Å². The predicted molar refractivity (Wildman–Crippen MR) is 133 cm³/mol. The van der Waals surface area contributed by atoms with Crippen LogP contribution < -0.4 is 10.2 Å².